The number of nitrogens with two attached hydrogens (primary N) is 1. The van der Waals surface area contributed by atoms with Gasteiger partial charge in [0.2, 0.25) is 11.2 Å². The minimum absolute atomic E-state index is 0.0150. The molecule has 0 aliphatic carbocycles. The van der Waals surface area contributed by atoms with Gasteiger partial charge in [-0.3, -0.25) is 19.2 Å². The van der Waals surface area contributed by atoms with Crippen LogP contribution in [-0.2, 0) is 16.1 Å². The van der Waals surface area contributed by atoms with Gasteiger partial charge in [-0.05, 0) is 32.1 Å². The fourth-order valence-electron chi connectivity index (χ4n) is 4.24. The van der Waals surface area contributed by atoms with Crippen molar-refractivity contribution in [3.05, 3.63) is 51.8 Å². The molecule has 0 fully saturated rings. The number of allylic oxidation sites excluding steroid dienone is 1. The van der Waals surface area contributed by atoms with Gasteiger partial charge in [0.15, 0.2) is 17.2 Å². The van der Waals surface area contributed by atoms with Crippen LogP contribution < -0.4 is 21.8 Å². The highest BCUT2D eigenvalue weighted by molar-refractivity contribution is 6.09. The van der Waals surface area contributed by atoms with Gasteiger partial charge in [0, 0.05) is 56.3 Å². The lowest BCUT2D eigenvalue weighted by molar-refractivity contribution is -0.119. The van der Waals surface area contributed by atoms with E-state index in [4.69, 9.17) is 10.8 Å². The molecule has 0 bridgehead atoms. The second kappa shape index (κ2) is 15.0. The highest BCUT2D eigenvalue weighted by Gasteiger charge is 2.25. The van der Waals surface area contributed by atoms with Gasteiger partial charge in [-0.2, -0.15) is 0 Å². The van der Waals surface area contributed by atoms with Gasteiger partial charge in [0.05, 0.1) is 25.3 Å². The van der Waals surface area contributed by atoms with Crippen LogP contribution in [0.2, 0.25) is 0 Å². The third kappa shape index (κ3) is 8.94. The molecule has 0 saturated carbocycles. The Balaban J connectivity index is 1.84. The maximum Gasteiger partial charge on any atom is 0.271 e. The van der Waals surface area contributed by atoms with Crippen LogP contribution in [0.1, 0.15) is 49.5 Å². The van der Waals surface area contributed by atoms with Crippen LogP contribution in [0.4, 0.5) is 0 Å². The number of hydrogen-bond acceptors (Lipinski definition) is 10. The molecule has 1 aromatic rings. The Morgan fingerprint density at radius 1 is 1.03 bits per heavy atom. The summed E-state index contributed by atoms with van der Waals surface area (Å²) >= 11 is 0. The average molecular weight is 550 g/mol. The zero-order valence-electron chi connectivity index (χ0n) is 22.2. The lowest BCUT2D eigenvalue weighted by Gasteiger charge is -2.28. The predicted octanol–water partition coefficient (Wildman–Crippen LogP) is -0.737. The number of nitrogens with zero attached hydrogens (tertiary/aromatic N) is 2. The summed E-state index contributed by atoms with van der Waals surface area (Å²) in [6, 6.07) is 1.12. The first-order valence-electron chi connectivity index (χ1n) is 12.9. The molecule has 13 nitrogen and oxygen atoms in total. The number of rotatable bonds is 15. The van der Waals surface area contributed by atoms with Gasteiger partial charge >= 0.3 is 0 Å². The minimum atomic E-state index is -0.690. The monoisotopic (exact) mass is 549 g/mol. The molecule has 39 heavy (non-hydrogen) atoms. The van der Waals surface area contributed by atoms with Crippen molar-refractivity contribution in [1.82, 2.24) is 20.1 Å². The van der Waals surface area contributed by atoms with Gasteiger partial charge in [0.25, 0.3) is 11.8 Å². The van der Waals surface area contributed by atoms with E-state index in [-0.39, 0.29) is 57.2 Å². The first-order chi connectivity index (χ1) is 18.6. The first-order valence-corrected chi connectivity index (χ1v) is 12.9. The second-order valence-corrected chi connectivity index (χ2v) is 9.43. The van der Waals surface area contributed by atoms with Gasteiger partial charge in [-0.1, -0.05) is 6.92 Å². The van der Waals surface area contributed by atoms with Gasteiger partial charge in [-0.25, -0.2) is 0 Å². The van der Waals surface area contributed by atoms with Crippen molar-refractivity contribution in [1.29, 1.82) is 0 Å². The molecule has 1 unspecified atom stereocenters. The lowest BCUT2D eigenvalue weighted by Crippen LogP contribution is -2.41. The van der Waals surface area contributed by atoms with E-state index in [9.17, 15) is 34.5 Å². The Bertz CT molecular complexity index is 1150. The highest BCUT2D eigenvalue weighted by Crippen LogP contribution is 2.20. The van der Waals surface area contributed by atoms with Crippen molar-refractivity contribution < 1.29 is 34.8 Å². The van der Waals surface area contributed by atoms with Crippen LogP contribution >= 0.6 is 0 Å². The molecule has 13 heteroatoms. The number of carbonyl (C=O) groups is 3. The van der Waals surface area contributed by atoms with Crippen LogP contribution in [0.15, 0.2) is 40.7 Å². The van der Waals surface area contributed by atoms with Crippen molar-refractivity contribution in [2.45, 2.75) is 51.1 Å². The summed E-state index contributed by atoms with van der Waals surface area (Å²) in [7, 11) is 0. The molecule has 1 aliphatic rings. The number of aromatic hydroxyl groups is 1. The van der Waals surface area contributed by atoms with E-state index in [0.29, 0.717) is 32.1 Å². The molecule has 0 aromatic carbocycles. The highest BCUT2D eigenvalue weighted by atomic mass is 16.3. The number of pyridine rings is 1. The van der Waals surface area contributed by atoms with Crippen molar-refractivity contribution in [2.24, 2.45) is 5.73 Å². The maximum absolute atomic E-state index is 12.6. The Morgan fingerprint density at radius 3 is 2.23 bits per heavy atom. The minimum Gasteiger partial charge on any atom is -0.504 e. The number of nitrogens with one attached hydrogen (secondary N) is 2. The molecule has 0 saturated heterocycles. The largest absolute Gasteiger partial charge is 0.504 e. The molecule has 216 valence electrons. The van der Waals surface area contributed by atoms with Crippen LogP contribution in [0, 0.1) is 0 Å². The van der Waals surface area contributed by atoms with Crippen molar-refractivity contribution >= 4 is 17.6 Å². The van der Waals surface area contributed by atoms with E-state index in [1.54, 1.807) is 4.90 Å². The van der Waals surface area contributed by atoms with Crippen LogP contribution in [0.25, 0.3) is 0 Å². The summed E-state index contributed by atoms with van der Waals surface area (Å²) in [6.45, 7) is 2.24. The average Bonchev–Trinajstić information content (AvgIpc) is 3.05. The molecular weight excluding hydrogens is 510 g/mol. The number of aliphatic hydroxyl groups excluding tert-OH is 3. The molecular formula is C26H39N5O8. The third-order valence-corrected chi connectivity index (χ3v) is 6.66. The second-order valence-electron chi connectivity index (χ2n) is 9.43. The summed E-state index contributed by atoms with van der Waals surface area (Å²) in [4.78, 5) is 50.5. The number of aliphatic hydroxyl groups is 3. The Hall–Kier alpha value is -3.68. The summed E-state index contributed by atoms with van der Waals surface area (Å²) < 4.78 is 1.31. The molecule has 0 spiro atoms. The Morgan fingerprint density at radius 2 is 1.64 bits per heavy atom. The lowest BCUT2D eigenvalue weighted by atomic mass is 9.86. The van der Waals surface area contributed by atoms with Gasteiger partial charge in [0.1, 0.15) is 0 Å². The molecule has 1 aromatic heterocycles. The van der Waals surface area contributed by atoms with E-state index < -0.39 is 40.1 Å². The predicted molar refractivity (Wildman–Crippen MR) is 143 cm³/mol. The number of amides is 2. The SMILES string of the molecule is CCC(N)(CCCNC(=O)C1=C(O)C(=O)C=CN(CCO)C1)CCCNC(=O)c1c(O)c(=O)ccn1CCO. The van der Waals surface area contributed by atoms with Gasteiger partial charge < -0.3 is 46.3 Å². The summed E-state index contributed by atoms with van der Waals surface area (Å²) in [5.74, 6) is -3.19. The fraction of sp³-hybridized carbons (Fsp3) is 0.538. The molecule has 1 aliphatic heterocycles. The normalized spacial score (nSPS) is 15.2. The fourth-order valence-corrected chi connectivity index (χ4v) is 4.24. The van der Waals surface area contributed by atoms with E-state index >= 15 is 0 Å². The topological polar surface area (TPSA) is 207 Å². The number of hydrogen-bond donors (Lipinski definition) is 7. The summed E-state index contributed by atoms with van der Waals surface area (Å²) in [5, 5.41) is 43.9. The Kier molecular flexibility index (Phi) is 12.2. The van der Waals surface area contributed by atoms with Crippen molar-refractivity contribution in [3.63, 3.8) is 0 Å². The molecule has 2 heterocycles. The van der Waals surface area contributed by atoms with Gasteiger partial charge in [-0.15, -0.1) is 0 Å². The molecule has 2 rings (SSSR count). The molecule has 8 N–H and O–H groups in total. The molecule has 0 radical (unpaired) electrons. The van der Waals surface area contributed by atoms with E-state index in [2.05, 4.69) is 10.6 Å². The van der Waals surface area contributed by atoms with Crippen LogP contribution in [-0.4, -0.2) is 92.4 Å². The third-order valence-electron chi connectivity index (χ3n) is 6.66. The van der Waals surface area contributed by atoms with E-state index in [1.807, 2.05) is 6.92 Å². The van der Waals surface area contributed by atoms with Crippen molar-refractivity contribution in [3.8, 4) is 5.75 Å². The number of carbonyl (C=O) groups excluding carboxylic acids is 3. The number of aromatic nitrogens is 1. The summed E-state index contributed by atoms with van der Waals surface area (Å²) in [6.07, 6.45) is 6.74. The van der Waals surface area contributed by atoms with E-state index in [1.165, 1.54) is 17.0 Å². The van der Waals surface area contributed by atoms with Crippen molar-refractivity contribution in [2.75, 3.05) is 39.4 Å². The maximum atomic E-state index is 12.6. The summed E-state index contributed by atoms with van der Waals surface area (Å²) in [5.41, 5.74) is 4.99. The standard InChI is InChI=1S/C26H39N5O8/c1-2-26(27,8-4-10-29-25(39)21-23(37)20(35)6-12-31(21)14-16-33)7-3-9-28-24(38)18-17-30(13-15-32)11-5-19(34)22(18)36/h5-6,11-12,32-33,36-37H,2-4,7-10,13-17,27H2,1H3,(H,28,38)(H,29,39). The van der Waals surface area contributed by atoms with Crippen LogP contribution in [0.3, 0.4) is 0 Å². The first kappa shape index (κ1) is 31.5. The number of ketones is 1. The van der Waals surface area contributed by atoms with E-state index in [0.717, 1.165) is 12.1 Å². The quantitative estimate of drug-likeness (QED) is 0.136. The zero-order chi connectivity index (χ0) is 29.0. The Labute approximate surface area is 226 Å². The van der Waals surface area contributed by atoms with Crippen LogP contribution in [0.5, 0.6) is 5.75 Å². The molecule has 2 amide bonds. The molecule has 1 atom stereocenters. The smallest absolute Gasteiger partial charge is 0.271 e. The number of β-amino-alcohol motifs (C(OH)–C–C–N with tert-alkyl or cyclic N) is 1. The zero-order valence-corrected chi connectivity index (χ0v) is 22.2.